The monoisotopic (exact) mass is 227 g/mol. The molecule has 0 aliphatic heterocycles. The Morgan fingerprint density at radius 1 is 1.53 bits per heavy atom. The van der Waals surface area contributed by atoms with Gasteiger partial charge in [-0.25, -0.2) is 4.39 Å². The first-order valence-electron chi connectivity index (χ1n) is 4.86. The first-order valence-corrected chi connectivity index (χ1v) is 5.39. The molecule has 1 amide bonds. The molecule has 15 heavy (non-hydrogen) atoms. The minimum absolute atomic E-state index is 0.160. The van der Waals surface area contributed by atoms with Crippen molar-refractivity contribution in [1.82, 2.24) is 0 Å². The van der Waals surface area contributed by atoms with E-state index in [0.717, 1.165) is 18.4 Å². The third-order valence-electron chi connectivity index (χ3n) is 2.43. The Morgan fingerprint density at radius 3 is 2.87 bits per heavy atom. The van der Waals surface area contributed by atoms with Crippen LogP contribution in [0.1, 0.15) is 24.3 Å². The Balaban J connectivity index is 2.20. The lowest BCUT2D eigenvalue weighted by atomic mass is 10.1. The van der Waals surface area contributed by atoms with Crippen LogP contribution in [0.3, 0.4) is 0 Å². The Labute approximate surface area is 92.4 Å². The van der Waals surface area contributed by atoms with Gasteiger partial charge in [0.2, 0.25) is 5.91 Å². The SMILES string of the molecule is O=C(CCl)Nc1cc(C2CC2)ccc1F. The van der Waals surface area contributed by atoms with E-state index in [-0.39, 0.29) is 17.5 Å². The minimum atomic E-state index is -0.419. The van der Waals surface area contributed by atoms with Crippen LogP contribution in [-0.2, 0) is 4.79 Å². The van der Waals surface area contributed by atoms with Crippen molar-refractivity contribution in [2.24, 2.45) is 0 Å². The summed E-state index contributed by atoms with van der Waals surface area (Å²) in [6.07, 6.45) is 2.29. The molecule has 4 heteroatoms. The molecule has 1 aliphatic rings. The molecule has 1 aromatic rings. The average molecular weight is 228 g/mol. The van der Waals surface area contributed by atoms with Crippen LogP contribution in [0.15, 0.2) is 18.2 Å². The lowest BCUT2D eigenvalue weighted by Crippen LogP contribution is -2.13. The van der Waals surface area contributed by atoms with Crippen LogP contribution in [0.4, 0.5) is 10.1 Å². The van der Waals surface area contributed by atoms with Crippen molar-refractivity contribution < 1.29 is 9.18 Å². The molecule has 1 aromatic carbocycles. The summed E-state index contributed by atoms with van der Waals surface area (Å²) >= 11 is 5.33. The zero-order valence-corrected chi connectivity index (χ0v) is 8.85. The van der Waals surface area contributed by atoms with Gasteiger partial charge >= 0.3 is 0 Å². The fraction of sp³-hybridized carbons (Fsp3) is 0.364. The maximum absolute atomic E-state index is 13.3. The van der Waals surface area contributed by atoms with Gasteiger partial charge in [-0.1, -0.05) is 6.07 Å². The molecule has 2 rings (SSSR count). The standard InChI is InChI=1S/C11H11ClFNO/c12-6-11(15)14-10-5-8(7-1-2-7)3-4-9(10)13/h3-5,7H,1-2,6H2,(H,14,15). The van der Waals surface area contributed by atoms with Crippen molar-refractivity contribution in [3.05, 3.63) is 29.6 Å². The number of carbonyl (C=O) groups excluding carboxylic acids is 1. The molecule has 0 bridgehead atoms. The second-order valence-electron chi connectivity index (χ2n) is 3.70. The summed E-state index contributed by atoms with van der Waals surface area (Å²) in [5.74, 6) is -0.425. The van der Waals surface area contributed by atoms with Gasteiger partial charge in [0.15, 0.2) is 0 Å². The topological polar surface area (TPSA) is 29.1 Å². The summed E-state index contributed by atoms with van der Waals surface area (Å²) in [7, 11) is 0. The zero-order chi connectivity index (χ0) is 10.8. The number of hydrogen-bond donors (Lipinski definition) is 1. The van der Waals surface area contributed by atoms with Gasteiger partial charge in [-0.3, -0.25) is 4.79 Å². The lowest BCUT2D eigenvalue weighted by molar-refractivity contribution is -0.113. The molecule has 1 N–H and O–H groups in total. The van der Waals surface area contributed by atoms with Gasteiger partial charge in [-0.15, -0.1) is 11.6 Å². The lowest BCUT2D eigenvalue weighted by Gasteiger charge is -2.06. The molecule has 0 saturated heterocycles. The number of hydrogen-bond acceptors (Lipinski definition) is 1. The Kier molecular flexibility index (Phi) is 2.91. The summed E-state index contributed by atoms with van der Waals surface area (Å²) in [5.41, 5.74) is 1.31. The van der Waals surface area contributed by atoms with Crippen LogP contribution in [0.2, 0.25) is 0 Å². The molecular weight excluding hydrogens is 217 g/mol. The van der Waals surface area contributed by atoms with E-state index in [9.17, 15) is 9.18 Å². The number of carbonyl (C=O) groups is 1. The van der Waals surface area contributed by atoms with Crippen molar-refractivity contribution in [3.8, 4) is 0 Å². The first kappa shape index (κ1) is 10.4. The van der Waals surface area contributed by atoms with Crippen LogP contribution in [-0.4, -0.2) is 11.8 Å². The Hall–Kier alpha value is -1.09. The van der Waals surface area contributed by atoms with Gasteiger partial charge in [0.1, 0.15) is 11.7 Å². The van der Waals surface area contributed by atoms with E-state index in [1.807, 2.05) is 0 Å². The maximum Gasteiger partial charge on any atom is 0.239 e. The molecule has 0 spiro atoms. The van der Waals surface area contributed by atoms with Gasteiger partial charge in [0.05, 0.1) is 5.69 Å². The molecule has 1 saturated carbocycles. The first-order chi connectivity index (χ1) is 7.20. The highest BCUT2D eigenvalue weighted by atomic mass is 35.5. The molecule has 0 heterocycles. The number of benzene rings is 1. The normalized spacial score (nSPS) is 15.1. The summed E-state index contributed by atoms with van der Waals surface area (Å²) in [6, 6.07) is 4.85. The van der Waals surface area contributed by atoms with E-state index in [1.54, 1.807) is 12.1 Å². The van der Waals surface area contributed by atoms with Crippen LogP contribution < -0.4 is 5.32 Å². The number of alkyl halides is 1. The van der Waals surface area contributed by atoms with E-state index in [4.69, 9.17) is 11.6 Å². The number of anilines is 1. The third kappa shape index (κ3) is 2.48. The van der Waals surface area contributed by atoms with Crippen molar-refractivity contribution >= 4 is 23.2 Å². The molecule has 1 aliphatic carbocycles. The van der Waals surface area contributed by atoms with Crippen LogP contribution in [0.5, 0.6) is 0 Å². The van der Waals surface area contributed by atoms with E-state index >= 15 is 0 Å². The fourth-order valence-corrected chi connectivity index (χ4v) is 1.56. The van der Waals surface area contributed by atoms with Gasteiger partial charge in [0, 0.05) is 0 Å². The highest BCUT2D eigenvalue weighted by Crippen LogP contribution is 2.41. The maximum atomic E-state index is 13.3. The van der Waals surface area contributed by atoms with Gasteiger partial charge < -0.3 is 5.32 Å². The highest BCUT2D eigenvalue weighted by Gasteiger charge is 2.24. The van der Waals surface area contributed by atoms with Crippen LogP contribution in [0.25, 0.3) is 0 Å². The minimum Gasteiger partial charge on any atom is -0.323 e. The van der Waals surface area contributed by atoms with Crippen molar-refractivity contribution in [2.45, 2.75) is 18.8 Å². The van der Waals surface area contributed by atoms with Gasteiger partial charge in [0.25, 0.3) is 0 Å². The van der Waals surface area contributed by atoms with Gasteiger partial charge in [-0.05, 0) is 36.5 Å². The molecule has 0 atom stereocenters. The molecule has 0 aromatic heterocycles. The summed E-state index contributed by atoms with van der Waals surface area (Å²) < 4.78 is 13.3. The second kappa shape index (κ2) is 4.19. The van der Waals surface area contributed by atoms with E-state index in [1.165, 1.54) is 6.07 Å². The molecular formula is C11H11ClFNO. The van der Waals surface area contributed by atoms with E-state index < -0.39 is 5.82 Å². The van der Waals surface area contributed by atoms with Crippen LogP contribution in [0, 0.1) is 5.82 Å². The molecule has 0 radical (unpaired) electrons. The fourth-order valence-electron chi connectivity index (χ4n) is 1.49. The summed E-state index contributed by atoms with van der Waals surface area (Å²) in [5, 5.41) is 2.44. The largest absolute Gasteiger partial charge is 0.323 e. The number of halogens is 2. The van der Waals surface area contributed by atoms with E-state index in [0.29, 0.717) is 5.92 Å². The molecule has 2 nitrogen and oxygen atoms in total. The Morgan fingerprint density at radius 2 is 2.27 bits per heavy atom. The number of amides is 1. The average Bonchev–Trinajstić information content (AvgIpc) is 3.04. The predicted molar refractivity (Wildman–Crippen MR) is 57.7 cm³/mol. The number of rotatable bonds is 3. The molecule has 0 unspecified atom stereocenters. The van der Waals surface area contributed by atoms with Crippen molar-refractivity contribution in [2.75, 3.05) is 11.2 Å². The quantitative estimate of drug-likeness (QED) is 0.791. The predicted octanol–water partition coefficient (Wildman–Crippen LogP) is 2.88. The van der Waals surface area contributed by atoms with Gasteiger partial charge in [-0.2, -0.15) is 0 Å². The second-order valence-corrected chi connectivity index (χ2v) is 3.96. The van der Waals surface area contributed by atoms with E-state index in [2.05, 4.69) is 5.32 Å². The smallest absolute Gasteiger partial charge is 0.239 e. The third-order valence-corrected chi connectivity index (χ3v) is 2.68. The molecule has 1 fully saturated rings. The Bertz CT molecular complexity index is 390. The summed E-state index contributed by atoms with van der Waals surface area (Å²) in [6.45, 7) is 0. The van der Waals surface area contributed by atoms with Crippen LogP contribution >= 0.6 is 11.6 Å². The van der Waals surface area contributed by atoms with Crippen molar-refractivity contribution in [1.29, 1.82) is 0 Å². The zero-order valence-electron chi connectivity index (χ0n) is 8.09. The summed E-state index contributed by atoms with van der Waals surface area (Å²) in [4.78, 5) is 11.0. The number of nitrogens with one attached hydrogen (secondary N) is 1. The molecule has 80 valence electrons. The van der Waals surface area contributed by atoms with Crippen molar-refractivity contribution in [3.63, 3.8) is 0 Å². The highest BCUT2D eigenvalue weighted by molar-refractivity contribution is 6.29.